The first kappa shape index (κ1) is 13.7. The predicted molar refractivity (Wildman–Crippen MR) is 77.0 cm³/mol. The molecule has 0 aromatic heterocycles. The smallest absolute Gasteiger partial charge is 0.307 e. The number of hydrogen-bond donors (Lipinski definition) is 1. The van der Waals surface area contributed by atoms with Crippen molar-refractivity contribution in [3.05, 3.63) is 58.1 Å². The standard InChI is InChI=1S/C15H12Cl2O3/c16-12-5-6-13-15(17,20-13)11(12)7-9-3-1-2-4-10(9)8-14(18)19/h1-6,13H,7-8H2,(H,18,19). The van der Waals surface area contributed by atoms with E-state index in [1.54, 1.807) is 6.08 Å². The van der Waals surface area contributed by atoms with Gasteiger partial charge in [0.15, 0.2) is 5.06 Å². The molecule has 0 radical (unpaired) electrons. The molecule has 104 valence electrons. The van der Waals surface area contributed by atoms with Gasteiger partial charge < -0.3 is 9.84 Å². The number of aliphatic carboxylic acids is 1. The maximum Gasteiger partial charge on any atom is 0.307 e. The highest BCUT2D eigenvalue weighted by atomic mass is 35.5. The van der Waals surface area contributed by atoms with E-state index < -0.39 is 11.0 Å². The number of ether oxygens (including phenoxy) is 1. The van der Waals surface area contributed by atoms with E-state index in [0.29, 0.717) is 11.5 Å². The summed E-state index contributed by atoms with van der Waals surface area (Å²) in [5, 5.41) is 8.68. The molecule has 1 aliphatic carbocycles. The molecule has 1 aliphatic heterocycles. The Labute approximate surface area is 126 Å². The van der Waals surface area contributed by atoms with E-state index in [4.69, 9.17) is 33.0 Å². The molecule has 1 aromatic carbocycles. The zero-order valence-corrected chi connectivity index (χ0v) is 12.0. The zero-order valence-electron chi connectivity index (χ0n) is 10.5. The third-order valence-electron chi connectivity index (χ3n) is 3.55. The second-order valence-electron chi connectivity index (χ2n) is 4.89. The minimum absolute atomic E-state index is 0.0174. The van der Waals surface area contributed by atoms with Gasteiger partial charge in [0.2, 0.25) is 0 Å². The van der Waals surface area contributed by atoms with Crippen LogP contribution in [0.25, 0.3) is 0 Å². The van der Waals surface area contributed by atoms with Gasteiger partial charge >= 0.3 is 5.97 Å². The van der Waals surface area contributed by atoms with Crippen molar-refractivity contribution in [2.75, 3.05) is 0 Å². The van der Waals surface area contributed by atoms with E-state index in [9.17, 15) is 4.79 Å². The highest BCUT2D eigenvalue weighted by Gasteiger charge is 2.58. The lowest BCUT2D eigenvalue weighted by molar-refractivity contribution is -0.136. The average molecular weight is 311 g/mol. The number of carboxylic acids is 1. The number of epoxide rings is 1. The highest BCUT2D eigenvalue weighted by Crippen LogP contribution is 2.52. The van der Waals surface area contributed by atoms with Crippen LogP contribution in [0, 0.1) is 0 Å². The fourth-order valence-electron chi connectivity index (χ4n) is 2.45. The number of benzene rings is 1. The van der Waals surface area contributed by atoms with E-state index in [0.717, 1.165) is 16.7 Å². The van der Waals surface area contributed by atoms with Crippen molar-refractivity contribution in [1.82, 2.24) is 0 Å². The Morgan fingerprint density at radius 1 is 1.35 bits per heavy atom. The summed E-state index contributed by atoms with van der Waals surface area (Å²) in [5.74, 6) is -0.859. The molecule has 5 heteroatoms. The lowest BCUT2D eigenvalue weighted by atomic mass is 9.93. The second-order valence-corrected chi connectivity index (χ2v) is 5.85. The van der Waals surface area contributed by atoms with Crippen LogP contribution in [-0.4, -0.2) is 22.2 Å². The molecule has 0 bridgehead atoms. The SMILES string of the molecule is O=C(O)Cc1ccccc1CC1=C(Cl)C=CC2OC12Cl. The zero-order chi connectivity index (χ0) is 14.3. The molecule has 3 nitrogen and oxygen atoms in total. The van der Waals surface area contributed by atoms with Crippen LogP contribution in [0.15, 0.2) is 47.0 Å². The summed E-state index contributed by atoms with van der Waals surface area (Å²) in [5.41, 5.74) is 2.47. The molecule has 2 atom stereocenters. The number of carbonyl (C=O) groups is 1. The molecule has 0 amide bonds. The molecule has 1 saturated heterocycles. The van der Waals surface area contributed by atoms with Crippen molar-refractivity contribution in [1.29, 1.82) is 0 Å². The van der Waals surface area contributed by atoms with Crippen LogP contribution in [0.4, 0.5) is 0 Å². The Morgan fingerprint density at radius 2 is 2.05 bits per heavy atom. The molecule has 0 saturated carbocycles. The Hall–Kier alpha value is -1.29. The van der Waals surface area contributed by atoms with Gasteiger partial charge in [-0.3, -0.25) is 4.79 Å². The van der Waals surface area contributed by atoms with Gasteiger partial charge in [0.05, 0.1) is 6.42 Å². The van der Waals surface area contributed by atoms with Crippen LogP contribution in [-0.2, 0) is 22.4 Å². The van der Waals surface area contributed by atoms with Crippen LogP contribution >= 0.6 is 23.2 Å². The number of allylic oxidation sites excluding steroid dienone is 2. The first-order chi connectivity index (χ1) is 9.50. The van der Waals surface area contributed by atoms with E-state index in [1.165, 1.54) is 0 Å². The molecule has 3 rings (SSSR count). The normalized spacial score (nSPS) is 27.4. The Kier molecular flexibility index (Phi) is 3.36. The third-order valence-corrected chi connectivity index (χ3v) is 4.44. The lowest BCUT2D eigenvalue weighted by Gasteiger charge is -2.16. The van der Waals surface area contributed by atoms with E-state index >= 15 is 0 Å². The first-order valence-corrected chi connectivity index (χ1v) is 6.99. The van der Waals surface area contributed by atoms with Crippen molar-refractivity contribution in [2.45, 2.75) is 24.0 Å². The topological polar surface area (TPSA) is 49.8 Å². The maximum atomic E-state index is 10.9. The summed E-state index contributed by atoms with van der Waals surface area (Å²) in [6.07, 6.45) is 3.97. The molecule has 20 heavy (non-hydrogen) atoms. The van der Waals surface area contributed by atoms with Gasteiger partial charge in [0.25, 0.3) is 0 Å². The average Bonchev–Trinajstić information content (AvgIpc) is 3.07. The molecular formula is C15H12Cl2O3. The van der Waals surface area contributed by atoms with Gasteiger partial charge in [-0.2, -0.15) is 0 Å². The Morgan fingerprint density at radius 3 is 2.75 bits per heavy atom. The number of hydrogen-bond acceptors (Lipinski definition) is 2. The molecule has 1 N–H and O–H groups in total. The first-order valence-electron chi connectivity index (χ1n) is 6.23. The van der Waals surface area contributed by atoms with Crippen molar-refractivity contribution < 1.29 is 14.6 Å². The highest BCUT2D eigenvalue weighted by molar-refractivity contribution is 6.34. The fraction of sp³-hybridized carbons (Fsp3) is 0.267. The minimum Gasteiger partial charge on any atom is -0.481 e. The predicted octanol–water partition coefficient (Wildman–Crippen LogP) is 3.25. The van der Waals surface area contributed by atoms with E-state index in [-0.39, 0.29) is 12.5 Å². The van der Waals surface area contributed by atoms with Gasteiger partial charge in [0, 0.05) is 10.6 Å². The fourth-order valence-corrected chi connectivity index (χ4v) is 3.12. The van der Waals surface area contributed by atoms with Crippen LogP contribution in [0.2, 0.25) is 0 Å². The number of rotatable bonds is 4. The van der Waals surface area contributed by atoms with Crippen molar-refractivity contribution >= 4 is 29.2 Å². The quantitative estimate of drug-likeness (QED) is 0.686. The molecule has 2 aliphatic rings. The lowest BCUT2D eigenvalue weighted by Crippen LogP contribution is -2.16. The maximum absolute atomic E-state index is 10.9. The molecular weight excluding hydrogens is 299 g/mol. The Bertz CT molecular complexity index is 636. The molecule has 0 spiro atoms. The van der Waals surface area contributed by atoms with Crippen LogP contribution < -0.4 is 0 Å². The van der Waals surface area contributed by atoms with Crippen LogP contribution in [0.1, 0.15) is 11.1 Å². The summed E-state index contributed by atoms with van der Waals surface area (Å²) in [4.78, 5) is 10.9. The van der Waals surface area contributed by atoms with Gasteiger partial charge in [-0.1, -0.05) is 47.5 Å². The van der Waals surface area contributed by atoms with Crippen molar-refractivity contribution in [2.24, 2.45) is 0 Å². The monoisotopic (exact) mass is 310 g/mol. The molecule has 1 fully saturated rings. The molecule has 2 unspecified atom stereocenters. The molecule has 1 aromatic rings. The number of alkyl halides is 1. The van der Waals surface area contributed by atoms with E-state index in [2.05, 4.69) is 0 Å². The summed E-state index contributed by atoms with van der Waals surface area (Å²) in [6.45, 7) is 0. The summed E-state index contributed by atoms with van der Waals surface area (Å²) >= 11 is 12.6. The Balaban J connectivity index is 1.92. The van der Waals surface area contributed by atoms with Gasteiger partial charge in [0.1, 0.15) is 6.10 Å². The third kappa shape index (κ3) is 2.37. The van der Waals surface area contributed by atoms with Gasteiger partial charge in [-0.25, -0.2) is 0 Å². The molecule has 1 heterocycles. The van der Waals surface area contributed by atoms with Crippen molar-refractivity contribution in [3.63, 3.8) is 0 Å². The minimum atomic E-state index is -0.859. The number of halogens is 2. The second kappa shape index (κ2) is 4.92. The number of fused-ring (bicyclic) bond motifs is 1. The number of carboxylic acid groups (broad SMARTS) is 1. The summed E-state index contributed by atoms with van der Waals surface area (Å²) in [7, 11) is 0. The van der Waals surface area contributed by atoms with E-state index in [1.807, 2.05) is 30.3 Å². The van der Waals surface area contributed by atoms with Gasteiger partial charge in [-0.05, 0) is 29.7 Å². The van der Waals surface area contributed by atoms with Gasteiger partial charge in [-0.15, -0.1) is 0 Å². The van der Waals surface area contributed by atoms with Crippen LogP contribution in [0.3, 0.4) is 0 Å². The largest absolute Gasteiger partial charge is 0.481 e. The van der Waals surface area contributed by atoms with Crippen LogP contribution in [0.5, 0.6) is 0 Å². The summed E-state index contributed by atoms with van der Waals surface area (Å²) in [6, 6.07) is 7.40. The summed E-state index contributed by atoms with van der Waals surface area (Å²) < 4.78 is 5.46. The van der Waals surface area contributed by atoms with Crippen molar-refractivity contribution in [3.8, 4) is 0 Å².